The Morgan fingerprint density at radius 1 is 1.21 bits per heavy atom. The zero-order chi connectivity index (χ0) is 13.2. The van der Waals surface area contributed by atoms with E-state index >= 15 is 0 Å². The molecule has 5 heteroatoms. The lowest BCUT2D eigenvalue weighted by molar-refractivity contribution is 1.12. The summed E-state index contributed by atoms with van der Waals surface area (Å²) in [6.45, 7) is 0.681. The van der Waals surface area contributed by atoms with E-state index < -0.39 is 0 Å². The smallest absolute Gasteiger partial charge is 0.113 e. The number of para-hydroxylation sites is 1. The maximum absolute atomic E-state index is 6.16. The first-order valence-electron chi connectivity index (χ1n) is 5.76. The second-order valence-corrected chi connectivity index (χ2v) is 6.49. The molecule has 0 unspecified atom stereocenters. The first-order chi connectivity index (χ1) is 9.22. The van der Waals surface area contributed by atoms with E-state index in [1.54, 1.807) is 11.3 Å². The van der Waals surface area contributed by atoms with Crippen molar-refractivity contribution in [2.24, 2.45) is 0 Å². The van der Waals surface area contributed by atoms with Gasteiger partial charge in [-0.15, -0.1) is 11.3 Å². The highest BCUT2D eigenvalue weighted by Crippen LogP contribution is 2.27. The van der Waals surface area contributed by atoms with E-state index in [2.05, 4.69) is 32.3 Å². The molecule has 0 aliphatic rings. The number of nitrogens with one attached hydrogen (secondary N) is 1. The van der Waals surface area contributed by atoms with Crippen molar-refractivity contribution in [3.8, 4) is 0 Å². The van der Waals surface area contributed by atoms with E-state index in [0.29, 0.717) is 11.6 Å². The molecule has 1 N–H and O–H groups in total. The summed E-state index contributed by atoms with van der Waals surface area (Å²) in [5.74, 6) is 0. The number of rotatable bonds is 3. The summed E-state index contributed by atoms with van der Waals surface area (Å²) in [7, 11) is 0. The van der Waals surface area contributed by atoms with Crippen LogP contribution in [-0.4, -0.2) is 4.98 Å². The first kappa shape index (κ1) is 12.9. The van der Waals surface area contributed by atoms with Crippen LogP contribution in [0.4, 0.5) is 5.69 Å². The van der Waals surface area contributed by atoms with Crippen LogP contribution in [0.2, 0.25) is 5.02 Å². The summed E-state index contributed by atoms with van der Waals surface area (Å²) >= 11 is 11.3. The number of hydrogen-bond donors (Lipinski definition) is 1. The fourth-order valence-electron chi connectivity index (χ4n) is 1.80. The molecule has 96 valence electrons. The number of fused-ring (bicyclic) bond motifs is 1. The van der Waals surface area contributed by atoms with Gasteiger partial charge in [-0.1, -0.05) is 39.7 Å². The molecule has 0 radical (unpaired) electrons. The fourth-order valence-corrected chi connectivity index (χ4v) is 3.45. The number of nitrogens with zero attached hydrogens (tertiary/aromatic N) is 1. The molecule has 0 saturated carbocycles. The van der Waals surface area contributed by atoms with Crippen molar-refractivity contribution in [3.63, 3.8) is 0 Å². The van der Waals surface area contributed by atoms with Gasteiger partial charge in [-0.25, -0.2) is 4.98 Å². The predicted molar refractivity (Wildman–Crippen MR) is 86.1 cm³/mol. The maximum atomic E-state index is 6.16. The number of benzene rings is 2. The minimum Gasteiger partial charge on any atom is -0.377 e. The minimum atomic E-state index is 0.681. The number of halogens is 2. The van der Waals surface area contributed by atoms with Gasteiger partial charge in [0.1, 0.15) is 5.01 Å². The lowest BCUT2D eigenvalue weighted by Crippen LogP contribution is -1.99. The molecule has 2 aromatic carbocycles. The van der Waals surface area contributed by atoms with Gasteiger partial charge >= 0.3 is 0 Å². The lowest BCUT2D eigenvalue weighted by atomic mass is 10.3. The highest BCUT2D eigenvalue weighted by molar-refractivity contribution is 9.10. The third-order valence-electron chi connectivity index (χ3n) is 2.70. The number of hydrogen-bond acceptors (Lipinski definition) is 3. The molecule has 0 aliphatic carbocycles. The van der Waals surface area contributed by atoms with E-state index in [0.717, 1.165) is 20.7 Å². The molecule has 0 fully saturated rings. The van der Waals surface area contributed by atoms with Crippen LogP contribution in [0.25, 0.3) is 10.2 Å². The Bertz CT molecular complexity index is 693. The SMILES string of the molecule is Clc1cc(Br)ccc1NCc1nc2ccccc2s1. The third kappa shape index (κ3) is 2.91. The number of thiazole rings is 1. The van der Waals surface area contributed by atoms with Gasteiger partial charge in [0.15, 0.2) is 0 Å². The molecule has 0 bridgehead atoms. The van der Waals surface area contributed by atoms with Crippen molar-refractivity contribution in [3.05, 3.63) is 57.0 Å². The highest BCUT2D eigenvalue weighted by Gasteiger charge is 2.04. The molecule has 0 spiro atoms. The van der Waals surface area contributed by atoms with Crippen molar-refractivity contribution in [2.75, 3.05) is 5.32 Å². The molecule has 19 heavy (non-hydrogen) atoms. The molecule has 3 aromatic rings. The van der Waals surface area contributed by atoms with E-state index in [-0.39, 0.29) is 0 Å². The molecule has 0 saturated heterocycles. The molecule has 1 heterocycles. The van der Waals surface area contributed by atoms with E-state index in [4.69, 9.17) is 11.6 Å². The maximum Gasteiger partial charge on any atom is 0.113 e. The summed E-state index contributed by atoms with van der Waals surface area (Å²) in [5, 5.41) is 5.07. The Labute approximate surface area is 128 Å². The van der Waals surface area contributed by atoms with Gasteiger partial charge < -0.3 is 5.32 Å². The van der Waals surface area contributed by atoms with Crippen molar-refractivity contribution in [1.82, 2.24) is 4.98 Å². The molecule has 3 rings (SSSR count). The van der Waals surface area contributed by atoms with Crippen LogP contribution in [0.3, 0.4) is 0 Å². The lowest BCUT2D eigenvalue weighted by Gasteiger charge is -2.06. The molecule has 0 amide bonds. The van der Waals surface area contributed by atoms with Gasteiger partial charge in [-0.3, -0.25) is 0 Å². The molecular weight excluding hydrogens is 344 g/mol. The average molecular weight is 354 g/mol. The van der Waals surface area contributed by atoms with Gasteiger partial charge in [0.25, 0.3) is 0 Å². The molecule has 0 atom stereocenters. The van der Waals surface area contributed by atoms with Crippen LogP contribution in [0.5, 0.6) is 0 Å². The Morgan fingerprint density at radius 3 is 2.84 bits per heavy atom. The van der Waals surface area contributed by atoms with Gasteiger partial charge in [-0.05, 0) is 30.3 Å². The molecular formula is C14H10BrClN2S. The van der Waals surface area contributed by atoms with E-state index in [1.807, 2.05) is 36.4 Å². The van der Waals surface area contributed by atoms with Crippen LogP contribution in [0, 0.1) is 0 Å². The second kappa shape index (κ2) is 5.49. The second-order valence-electron chi connectivity index (χ2n) is 4.05. The summed E-state index contributed by atoms with van der Waals surface area (Å²) in [5.41, 5.74) is 1.97. The molecule has 0 aliphatic heterocycles. The number of anilines is 1. The Balaban J connectivity index is 1.78. The molecule has 2 nitrogen and oxygen atoms in total. The minimum absolute atomic E-state index is 0.681. The number of aromatic nitrogens is 1. The van der Waals surface area contributed by atoms with Crippen molar-refractivity contribution >= 4 is 54.8 Å². The Hall–Kier alpha value is -1.10. The van der Waals surface area contributed by atoms with E-state index in [9.17, 15) is 0 Å². The van der Waals surface area contributed by atoms with Gasteiger partial charge in [-0.2, -0.15) is 0 Å². The molecule has 1 aromatic heterocycles. The van der Waals surface area contributed by atoms with Crippen LogP contribution in [0.1, 0.15) is 5.01 Å². The zero-order valence-corrected chi connectivity index (χ0v) is 13.0. The van der Waals surface area contributed by atoms with Crippen molar-refractivity contribution in [2.45, 2.75) is 6.54 Å². The highest BCUT2D eigenvalue weighted by atomic mass is 79.9. The fraction of sp³-hybridized carbons (Fsp3) is 0.0714. The predicted octanol–water partition coefficient (Wildman–Crippen LogP) is 5.32. The summed E-state index contributed by atoms with van der Waals surface area (Å²) in [4.78, 5) is 4.58. The Morgan fingerprint density at radius 2 is 2.05 bits per heavy atom. The summed E-state index contributed by atoms with van der Waals surface area (Å²) < 4.78 is 2.18. The normalized spacial score (nSPS) is 10.8. The van der Waals surface area contributed by atoms with Gasteiger partial charge in [0.05, 0.1) is 27.5 Å². The van der Waals surface area contributed by atoms with Crippen LogP contribution in [-0.2, 0) is 6.54 Å². The van der Waals surface area contributed by atoms with E-state index in [1.165, 1.54) is 4.70 Å². The quantitative estimate of drug-likeness (QED) is 0.689. The monoisotopic (exact) mass is 352 g/mol. The van der Waals surface area contributed by atoms with Crippen molar-refractivity contribution < 1.29 is 0 Å². The Kier molecular flexibility index (Phi) is 3.73. The third-order valence-corrected chi connectivity index (χ3v) is 4.54. The van der Waals surface area contributed by atoms with Crippen LogP contribution in [0.15, 0.2) is 46.9 Å². The topological polar surface area (TPSA) is 24.9 Å². The van der Waals surface area contributed by atoms with Gasteiger partial charge in [0, 0.05) is 4.47 Å². The standard InChI is InChI=1S/C14H10BrClN2S/c15-9-5-6-11(10(16)7-9)17-8-14-18-12-3-1-2-4-13(12)19-14/h1-7,17H,8H2. The van der Waals surface area contributed by atoms with Crippen molar-refractivity contribution in [1.29, 1.82) is 0 Å². The zero-order valence-electron chi connectivity index (χ0n) is 9.86. The summed E-state index contributed by atoms with van der Waals surface area (Å²) in [6.07, 6.45) is 0. The largest absolute Gasteiger partial charge is 0.377 e. The average Bonchev–Trinajstić information content (AvgIpc) is 2.80. The van der Waals surface area contributed by atoms with Gasteiger partial charge in [0.2, 0.25) is 0 Å². The van der Waals surface area contributed by atoms with Crippen LogP contribution < -0.4 is 5.32 Å². The summed E-state index contributed by atoms with van der Waals surface area (Å²) in [6, 6.07) is 14.0. The first-order valence-corrected chi connectivity index (χ1v) is 7.74. The van der Waals surface area contributed by atoms with Crippen LogP contribution >= 0.6 is 38.9 Å².